The van der Waals surface area contributed by atoms with Gasteiger partial charge < -0.3 is 10.2 Å². The van der Waals surface area contributed by atoms with E-state index in [1.165, 1.54) is 22.3 Å². The standard InChI is InChI=1S/C25H28N2S/c1-4-21-14-16-24(17-15-21)26-25(28)27(18-22-12-10-19(2)11-13-22)20(3)23-8-6-5-7-9-23/h5-17,20H,4,18H2,1-3H3,(H,26,28)/t20-/m0/s1. The van der Waals surface area contributed by atoms with Crippen molar-refractivity contribution in [2.75, 3.05) is 5.32 Å². The molecule has 0 aliphatic rings. The molecule has 0 amide bonds. The quantitative estimate of drug-likeness (QED) is 0.484. The number of thiocarbonyl (C=S) groups is 1. The van der Waals surface area contributed by atoms with Gasteiger partial charge in [0.15, 0.2) is 5.11 Å². The van der Waals surface area contributed by atoms with Crippen LogP contribution in [-0.4, -0.2) is 10.0 Å². The molecule has 3 rings (SSSR count). The number of nitrogens with zero attached hydrogens (tertiary/aromatic N) is 1. The van der Waals surface area contributed by atoms with Crippen LogP contribution in [0, 0.1) is 6.92 Å². The summed E-state index contributed by atoms with van der Waals surface area (Å²) in [6.45, 7) is 7.24. The van der Waals surface area contributed by atoms with Gasteiger partial charge in [0.2, 0.25) is 0 Å². The van der Waals surface area contributed by atoms with Crippen LogP contribution in [-0.2, 0) is 13.0 Å². The summed E-state index contributed by atoms with van der Waals surface area (Å²) >= 11 is 5.83. The van der Waals surface area contributed by atoms with Crippen LogP contribution in [0.2, 0.25) is 0 Å². The molecule has 28 heavy (non-hydrogen) atoms. The molecule has 0 bridgehead atoms. The van der Waals surface area contributed by atoms with Gasteiger partial charge in [0.1, 0.15) is 0 Å². The van der Waals surface area contributed by atoms with Gasteiger partial charge in [-0.25, -0.2) is 0 Å². The third kappa shape index (κ3) is 5.20. The predicted molar refractivity (Wildman–Crippen MR) is 124 cm³/mol. The van der Waals surface area contributed by atoms with Gasteiger partial charge in [-0.3, -0.25) is 0 Å². The van der Waals surface area contributed by atoms with Crippen LogP contribution in [0.15, 0.2) is 78.9 Å². The Labute approximate surface area is 174 Å². The molecule has 0 heterocycles. The highest BCUT2D eigenvalue weighted by atomic mass is 32.1. The van der Waals surface area contributed by atoms with Gasteiger partial charge in [-0.1, -0.05) is 79.2 Å². The van der Waals surface area contributed by atoms with Crippen molar-refractivity contribution in [1.29, 1.82) is 0 Å². The van der Waals surface area contributed by atoms with Crippen molar-refractivity contribution in [3.8, 4) is 0 Å². The van der Waals surface area contributed by atoms with Crippen LogP contribution in [0.4, 0.5) is 5.69 Å². The molecule has 0 spiro atoms. The van der Waals surface area contributed by atoms with Crippen LogP contribution in [0.25, 0.3) is 0 Å². The molecule has 0 aliphatic carbocycles. The van der Waals surface area contributed by atoms with Gasteiger partial charge in [0.25, 0.3) is 0 Å². The van der Waals surface area contributed by atoms with E-state index in [0.29, 0.717) is 0 Å². The highest BCUT2D eigenvalue weighted by molar-refractivity contribution is 7.80. The Hall–Kier alpha value is -2.65. The van der Waals surface area contributed by atoms with Crippen LogP contribution < -0.4 is 5.32 Å². The second-order valence-electron chi connectivity index (χ2n) is 7.18. The van der Waals surface area contributed by atoms with Crippen LogP contribution >= 0.6 is 12.2 Å². The molecule has 0 saturated heterocycles. The van der Waals surface area contributed by atoms with E-state index in [0.717, 1.165) is 23.8 Å². The van der Waals surface area contributed by atoms with Gasteiger partial charge in [0, 0.05) is 12.2 Å². The fourth-order valence-corrected chi connectivity index (χ4v) is 3.55. The summed E-state index contributed by atoms with van der Waals surface area (Å²) in [5.41, 5.74) is 6.11. The number of rotatable bonds is 6. The molecule has 144 valence electrons. The van der Waals surface area contributed by atoms with Crippen LogP contribution in [0.1, 0.15) is 42.1 Å². The Balaban J connectivity index is 1.83. The Morgan fingerprint density at radius 3 is 2.11 bits per heavy atom. The van der Waals surface area contributed by atoms with E-state index >= 15 is 0 Å². The third-order valence-corrected chi connectivity index (χ3v) is 5.43. The Kier molecular flexibility index (Phi) is 6.83. The molecule has 3 aromatic carbocycles. The van der Waals surface area contributed by atoms with Crippen molar-refractivity contribution in [1.82, 2.24) is 4.90 Å². The summed E-state index contributed by atoms with van der Waals surface area (Å²) in [4.78, 5) is 2.25. The predicted octanol–water partition coefficient (Wildman–Crippen LogP) is 6.52. The summed E-state index contributed by atoms with van der Waals surface area (Å²) in [5.74, 6) is 0. The second kappa shape index (κ2) is 9.52. The number of aryl methyl sites for hydroxylation is 2. The lowest BCUT2D eigenvalue weighted by Crippen LogP contribution is -2.36. The summed E-state index contributed by atoms with van der Waals surface area (Å²) in [6.07, 6.45) is 1.04. The Morgan fingerprint density at radius 2 is 1.50 bits per heavy atom. The number of nitrogens with one attached hydrogen (secondary N) is 1. The van der Waals surface area contributed by atoms with Gasteiger partial charge in [-0.2, -0.15) is 0 Å². The summed E-state index contributed by atoms with van der Waals surface area (Å²) in [7, 11) is 0. The van der Waals surface area contributed by atoms with Crippen LogP contribution in [0.3, 0.4) is 0 Å². The zero-order valence-corrected chi connectivity index (χ0v) is 17.7. The average molecular weight is 389 g/mol. The summed E-state index contributed by atoms with van der Waals surface area (Å²) in [6, 6.07) is 27.8. The van der Waals surface area contributed by atoms with Crippen molar-refractivity contribution in [2.45, 2.75) is 39.8 Å². The SMILES string of the molecule is CCc1ccc(NC(=S)N(Cc2ccc(C)cc2)[C@@H](C)c2ccccc2)cc1. The van der Waals surface area contributed by atoms with Gasteiger partial charge >= 0.3 is 0 Å². The first-order valence-electron chi connectivity index (χ1n) is 9.84. The molecule has 1 atom stereocenters. The number of hydrogen-bond donors (Lipinski definition) is 1. The largest absolute Gasteiger partial charge is 0.338 e. The fourth-order valence-electron chi connectivity index (χ4n) is 3.21. The molecule has 0 aromatic heterocycles. The number of benzene rings is 3. The second-order valence-corrected chi connectivity index (χ2v) is 7.57. The normalized spacial score (nSPS) is 11.7. The van der Waals surface area contributed by atoms with E-state index in [1.807, 2.05) is 6.07 Å². The highest BCUT2D eigenvalue weighted by Gasteiger charge is 2.19. The molecule has 0 radical (unpaired) electrons. The molecule has 0 unspecified atom stereocenters. The summed E-state index contributed by atoms with van der Waals surface area (Å²) in [5, 5.41) is 4.17. The molecule has 2 nitrogen and oxygen atoms in total. The highest BCUT2D eigenvalue weighted by Crippen LogP contribution is 2.24. The minimum atomic E-state index is 0.164. The maximum absolute atomic E-state index is 5.83. The van der Waals surface area contributed by atoms with Crippen molar-refractivity contribution < 1.29 is 0 Å². The molecular weight excluding hydrogens is 360 g/mol. The van der Waals surface area contributed by atoms with Gasteiger partial charge in [-0.05, 0) is 61.3 Å². The van der Waals surface area contributed by atoms with E-state index in [9.17, 15) is 0 Å². The van der Waals surface area contributed by atoms with E-state index in [2.05, 4.69) is 104 Å². The minimum absolute atomic E-state index is 0.164. The average Bonchev–Trinajstić information content (AvgIpc) is 2.74. The van der Waals surface area contributed by atoms with E-state index < -0.39 is 0 Å². The van der Waals surface area contributed by atoms with Crippen molar-refractivity contribution in [3.05, 3.63) is 101 Å². The third-order valence-electron chi connectivity index (χ3n) is 5.10. The molecular formula is C25H28N2S. The molecule has 3 aromatic rings. The molecule has 3 heteroatoms. The Bertz CT molecular complexity index is 886. The van der Waals surface area contributed by atoms with E-state index in [4.69, 9.17) is 12.2 Å². The van der Waals surface area contributed by atoms with Crippen molar-refractivity contribution >= 4 is 23.0 Å². The smallest absolute Gasteiger partial charge is 0.174 e. The lowest BCUT2D eigenvalue weighted by Gasteiger charge is -2.32. The maximum Gasteiger partial charge on any atom is 0.174 e. The minimum Gasteiger partial charge on any atom is -0.338 e. The fraction of sp³-hybridized carbons (Fsp3) is 0.240. The van der Waals surface area contributed by atoms with Gasteiger partial charge in [-0.15, -0.1) is 0 Å². The van der Waals surface area contributed by atoms with Crippen molar-refractivity contribution in [2.24, 2.45) is 0 Å². The van der Waals surface area contributed by atoms with Gasteiger partial charge in [0.05, 0.1) is 6.04 Å². The zero-order valence-electron chi connectivity index (χ0n) is 16.9. The monoisotopic (exact) mass is 388 g/mol. The molecule has 0 aliphatic heterocycles. The molecule has 0 fully saturated rings. The van der Waals surface area contributed by atoms with Crippen LogP contribution in [0.5, 0.6) is 0 Å². The van der Waals surface area contributed by atoms with Crippen molar-refractivity contribution in [3.63, 3.8) is 0 Å². The number of hydrogen-bond acceptors (Lipinski definition) is 1. The maximum atomic E-state index is 5.83. The Morgan fingerprint density at radius 1 is 0.893 bits per heavy atom. The lowest BCUT2D eigenvalue weighted by atomic mass is 10.1. The lowest BCUT2D eigenvalue weighted by molar-refractivity contribution is 0.334. The molecule has 0 saturated carbocycles. The topological polar surface area (TPSA) is 15.3 Å². The number of anilines is 1. The summed E-state index contributed by atoms with van der Waals surface area (Å²) < 4.78 is 0. The first-order valence-corrected chi connectivity index (χ1v) is 10.2. The van der Waals surface area contributed by atoms with E-state index in [-0.39, 0.29) is 6.04 Å². The molecule has 1 N–H and O–H groups in total. The van der Waals surface area contributed by atoms with E-state index in [1.54, 1.807) is 0 Å². The zero-order chi connectivity index (χ0) is 19.9. The first kappa shape index (κ1) is 20.1. The first-order chi connectivity index (χ1) is 13.6.